The van der Waals surface area contributed by atoms with Crippen molar-refractivity contribution < 1.29 is 13.9 Å². The number of phenolic OH excluding ortho intramolecular Hbond substituents is 1. The average molecular weight is 456 g/mol. The van der Waals surface area contributed by atoms with Crippen molar-refractivity contribution in [2.75, 3.05) is 11.9 Å². The van der Waals surface area contributed by atoms with E-state index in [1.165, 1.54) is 27.8 Å². The largest absolute Gasteiger partial charge is 0.507 e. The van der Waals surface area contributed by atoms with Crippen molar-refractivity contribution in [3.63, 3.8) is 0 Å². The number of pyridine rings is 1. The van der Waals surface area contributed by atoms with Crippen molar-refractivity contribution in [2.24, 2.45) is 13.0 Å². The molecule has 1 saturated carbocycles. The van der Waals surface area contributed by atoms with E-state index < -0.39 is 17.9 Å². The van der Waals surface area contributed by atoms with E-state index in [4.69, 9.17) is 0 Å². The summed E-state index contributed by atoms with van der Waals surface area (Å²) < 4.78 is 31.3. The molecule has 1 aromatic carbocycles. The van der Waals surface area contributed by atoms with Gasteiger partial charge in [0.05, 0.1) is 17.8 Å². The monoisotopic (exact) mass is 455 g/mol. The lowest BCUT2D eigenvalue weighted by atomic mass is 9.80. The summed E-state index contributed by atoms with van der Waals surface area (Å²) >= 11 is 0. The summed E-state index contributed by atoms with van der Waals surface area (Å²) in [6.45, 7) is 1.80. The van der Waals surface area contributed by atoms with Gasteiger partial charge in [-0.15, -0.1) is 10.2 Å². The van der Waals surface area contributed by atoms with Crippen molar-refractivity contribution >= 4 is 5.82 Å². The third-order valence-corrected chi connectivity index (χ3v) is 6.57. The van der Waals surface area contributed by atoms with Crippen LogP contribution in [0, 0.1) is 5.92 Å². The summed E-state index contributed by atoms with van der Waals surface area (Å²) in [5.41, 5.74) is 1.55. The third-order valence-electron chi connectivity index (χ3n) is 6.57. The Labute approximate surface area is 190 Å². The molecule has 1 fully saturated rings. The van der Waals surface area contributed by atoms with Crippen molar-refractivity contribution in [3.8, 4) is 28.3 Å². The summed E-state index contributed by atoms with van der Waals surface area (Å²) in [4.78, 5) is 17.6. The highest BCUT2D eigenvalue weighted by Crippen LogP contribution is 2.43. The van der Waals surface area contributed by atoms with Crippen LogP contribution in [0.4, 0.5) is 14.6 Å². The molecule has 1 aliphatic carbocycles. The summed E-state index contributed by atoms with van der Waals surface area (Å²) in [5.74, 6) is -3.08. The summed E-state index contributed by atoms with van der Waals surface area (Å²) in [5, 5.41) is 18.7. The molecule has 2 aromatic heterocycles. The van der Waals surface area contributed by atoms with Crippen LogP contribution < -0.4 is 10.5 Å². The maximum absolute atomic E-state index is 14.9. The number of benzene rings is 1. The Balaban J connectivity index is 1.57. The van der Waals surface area contributed by atoms with Gasteiger partial charge in [-0.3, -0.25) is 4.79 Å². The molecule has 33 heavy (non-hydrogen) atoms. The Bertz CT molecular complexity index is 1200. The number of aryl methyl sites for hydroxylation is 1. The number of nitrogens with zero attached hydrogens (tertiary/aromatic N) is 5. The van der Waals surface area contributed by atoms with Gasteiger partial charge in [-0.2, -0.15) is 0 Å². The molecule has 1 aliphatic rings. The van der Waals surface area contributed by atoms with E-state index in [0.717, 1.165) is 6.42 Å². The normalized spacial score (nSPS) is 19.9. The van der Waals surface area contributed by atoms with Crippen LogP contribution in [0.1, 0.15) is 32.6 Å². The van der Waals surface area contributed by atoms with Gasteiger partial charge in [0.25, 0.3) is 11.5 Å². The second kappa shape index (κ2) is 8.88. The van der Waals surface area contributed by atoms with Gasteiger partial charge in [-0.1, -0.05) is 19.4 Å². The molecule has 174 valence electrons. The molecule has 1 N–H and O–H groups in total. The molecule has 2 heterocycles. The van der Waals surface area contributed by atoms with Gasteiger partial charge in [-0.25, -0.2) is 13.8 Å². The SMILES string of the molecule is CC[C@H]1CCC[C@H](N(C)c2cnc(-c3ccc(-c4ccn(C)c(=O)c4)cc3O)nn2)C1(F)F. The Morgan fingerprint density at radius 2 is 1.94 bits per heavy atom. The van der Waals surface area contributed by atoms with Crippen molar-refractivity contribution in [2.45, 2.75) is 44.6 Å². The fraction of sp³-hybridized carbons (Fsp3) is 0.417. The lowest BCUT2D eigenvalue weighted by Gasteiger charge is -2.42. The maximum Gasteiger partial charge on any atom is 0.270 e. The van der Waals surface area contributed by atoms with Crippen LogP contribution >= 0.6 is 0 Å². The second-order valence-corrected chi connectivity index (χ2v) is 8.57. The van der Waals surface area contributed by atoms with Gasteiger partial charge >= 0.3 is 0 Å². The molecular weight excluding hydrogens is 428 g/mol. The number of halogens is 2. The fourth-order valence-corrected chi connectivity index (χ4v) is 4.48. The first-order chi connectivity index (χ1) is 15.7. The lowest BCUT2D eigenvalue weighted by molar-refractivity contribution is -0.103. The van der Waals surface area contributed by atoms with Crippen LogP contribution in [-0.4, -0.2) is 43.9 Å². The standard InChI is InChI=1S/C24H27F2N5O2/c1-4-17-6-5-7-20(24(17,25)26)31(3)21-14-27-23(29-28-21)18-9-8-15(12-19(18)32)16-10-11-30(2)22(33)13-16/h8-14,17,20,32H,4-7H2,1-3H3/t17-,20-/m0/s1. The minimum Gasteiger partial charge on any atom is -0.507 e. The fourth-order valence-electron chi connectivity index (χ4n) is 4.48. The topological polar surface area (TPSA) is 84.1 Å². The highest BCUT2D eigenvalue weighted by atomic mass is 19.3. The quantitative estimate of drug-likeness (QED) is 0.619. The van der Waals surface area contributed by atoms with E-state index in [1.807, 2.05) is 0 Å². The average Bonchev–Trinajstić information content (AvgIpc) is 2.80. The van der Waals surface area contributed by atoms with Gasteiger partial charge in [0.2, 0.25) is 0 Å². The smallest absolute Gasteiger partial charge is 0.270 e. The molecule has 0 unspecified atom stereocenters. The summed E-state index contributed by atoms with van der Waals surface area (Å²) in [6, 6.07) is 7.24. The second-order valence-electron chi connectivity index (χ2n) is 8.57. The number of hydrogen-bond acceptors (Lipinski definition) is 6. The zero-order valence-corrected chi connectivity index (χ0v) is 18.9. The molecule has 3 aromatic rings. The molecule has 9 heteroatoms. The molecule has 7 nitrogen and oxygen atoms in total. The molecule has 0 amide bonds. The Hall–Kier alpha value is -3.36. The van der Waals surface area contributed by atoms with E-state index in [9.17, 15) is 18.7 Å². The predicted octanol–water partition coefficient (Wildman–Crippen LogP) is 4.26. The Morgan fingerprint density at radius 3 is 2.58 bits per heavy atom. The van der Waals surface area contributed by atoms with E-state index in [2.05, 4.69) is 15.2 Å². The van der Waals surface area contributed by atoms with Gasteiger partial charge in [0.15, 0.2) is 11.6 Å². The first-order valence-corrected chi connectivity index (χ1v) is 11.0. The maximum atomic E-state index is 14.9. The number of rotatable bonds is 5. The van der Waals surface area contributed by atoms with Crippen LogP contribution in [-0.2, 0) is 7.05 Å². The number of alkyl halides is 2. The van der Waals surface area contributed by atoms with Crippen molar-refractivity contribution in [1.82, 2.24) is 19.7 Å². The van der Waals surface area contributed by atoms with E-state index in [1.54, 1.807) is 45.4 Å². The number of aromatic hydroxyl groups is 1. The number of anilines is 1. The van der Waals surface area contributed by atoms with Crippen LogP contribution in [0.3, 0.4) is 0 Å². The summed E-state index contributed by atoms with van der Waals surface area (Å²) in [7, 11) is 3.26. The van der Waals surface area contributed by atoms with Crippen LogP contribution in [0.15, 0.2) is 47.5 Å². The highest BCUT2D eigenvalue weighted by molar-refractivity contribution is 5.72. The Morgan fingerprint density at radius 1 is 1.18 bits per heavy atom. The van der Waals surface area contributed by atoms with E-state index in [-0.39, 0.29) is 23.0 Å². The summed E-state index contributed by atoms with van der Waals surface area (Å²) in [6.07, 6.45) is 5.16. The molecule has 4 rings (SSSR count). The van der Waals surface area contributed by atoms with Gasteiger partial charge in [-0.05, 0) is 48.6 Å². The molecule has 0 saturated heterocycles. The molecule has 0 bridgehead atoms. The Kier molecular flexibility index (Phi) is 6.14. The van der Waals surface area contributed by atoms with E-state index >= 15 is 0 Å². The number of phenols is 1. The van der Waals surface area contributed by atoms with Crippen LogP contribution in [0.5, 0.6) is 5.75 Å². The molecule has 2 atom stereocenters. The lowest BCUT2D eigenvalue weighted by Crippen LogP contribution is -2.53. The van der Waals surface area contributed by atoms with Crippen LogP contribution in [0.2, 0.25) is 0 Å². The first-order valence-electron chi connectivity index (χ1n) is 11.0. The molecule has 0 radical (unpaired) electrons. The minimum atomic E-state index is -2.81. The van der Waals surface area contributed by atoms with Crippen molar-refractivity contribution in [1.29, 1.82) is 0 Å². The third kappa shape index (κ3) is 4.31. The van der Waals surface area contributed by atoms with Gasteiger partial charge in [0, 0.05) is 32.3 Å². The zero-order valence-electron chi connectivity index (χ0n) is 18.9. The van der Waals surface area contributed by atoms with Gasteiger partial charge in [0.1, 0.15) is 5.75 Å². The predicted molar refractivity (Wildman–Crippen MR) is 122 cm³/mol. The number of aromatic nitrogens is 4. The molecule has 0 aliphatic heterocycles. The van der Waals surface area contributed by atoms with E-state index in [0.29, 0.717) is 36.0 Å². The number of hydrogen-bond donors (Lipinski definition) is 1. The zero-order chi connectivity index (χ0) is 23.8. The van der Waals surface area contributed by atoms with Gasteiger partial charge < -0.3 is 14.6 Å². The minimum absolute atomic E-state index is 0.0688. The molecule has 0 spiro atoms. The first kappa shape index (κ1) is 22.8. The van der Waals surface area contributed by atoms with Crippen molar-refractivity contribution in [3.05, 3.63) is 53.1 Å². The highest BCUT2D eigenvalue weighted by Gasteiger charge is 2.50. The van der Waals surface area contributed by atoms with Crippen LogP contribution in [0.25, 0.3) is 22.5 Å². The molecular formula is C24H27F2N5O2.